The molecule has 2 atom stereocenters. The van der Waals surface area contributed by atoms with E-state index in [0.29, 0.717) is 22.7 Å². The second kappa shape index (κ2) is 6.49. The largest absolute Gasteiger partial charge is 0.371 e. The van der Waals surface area contributed by atoms with E-state index in [1.807, 2.05) is 24.7 Å². The van der Waals surface area contributed by atoms with Crippen molar-refractivity contribution in [1.82, 2.24) is 9.55 Å². The summed E-state index contributed by atoms with van der Waals surface area (Å²) in [5.41, 5.74) is 1.79. The van der Waals surface area contributed by atoms with Crippen molar-refractivity contribution in [3.05, 3.63) is 47.5 Å². The number of aromatic nitrogens is 2. The van der Waals surface area contributed by atoms with Crippen LogP contribution in [0.1, 0.15) is 44.7 Å². The van der Waals surface area contributed by atoms with Crippen LogP contribution in [0.25, 0.3) is 0 Å². The average Bonchev–Trinajstić information content (AvgIpc) is 3.08. The molecule has 0 spiro atoms. The molecule has 1 heterocycles. The zero-order valence-corrected chi connectivity index (χ0v) is 15.2. The van der Waals surface area contributed by atoms with E-state index in [1.54, 1.807) is 6.07 Å². The maximum atomic E-state index is 9.06. The Kier molecular flexibility index (Phi) is 4.56. The van der Waals surface area contributed by atoms with Gasteiger partial charge in [0.05, 0.1) is 16.9 Å². The van der Waals surface area contributed by atoms with Crippen molar-refractivity contribution in [1.29, 1.82) is 5.26 Å². The lowest BCUT2D eigenvalue weighted by Crippen LogP contribution is -2.47. The summed E-state index contributed by atoms with van der Waals surface area (Å²) < 4.78 is 2.22. The van der Waals surface area contributed by atoms with E-state index in [9.17, 15) is 0 Å². The molecule has 1 aromatic carbocycles. The van der Waals surface area contributed by atoms with Gasteiger partial charge in [-0.15, -0.1) is 0 Å². The van der Waals surface area contributed by atoms with Crippen LogP contribution < -0.4 is 4.90 Å². The predicted molar refractivity (Wildman–Crippen MR) is 97.3 cm³/mol. The van der Waals surface area contributed by atoms with Gasteiger partial charge in [-0.05, 0) is 42.9 Å². The Bertz CT molecular complexity index is 745. The van der Waals surface area contributed by atoms with E-state index in [-0.39, 0.29) is 5.41 Å². The van der Waals surface area contributed by atoms with Crippen LogP contribution in [-0.4, -0.2) is 22.6 Å². The minimum atomic E-state index is 0.214. The van der Waals surface area contributed by atoms with Gasteiger partial charge in [-0.25, -0.2) is 4.98 Å². The van der Waals surface area contributed by atoms with Gasteiger partial charge >= 0.3 is 0 Å². The third kappa shape index (κ3) is 3.14. The number of hydrogen-bond acceptors (Lipinski definition) is 3. The third-order valence-electron chi connectivity index (χ3n) is 5.41. The highest BCUT2D eigenvalue weighted by Crippen LogP contribution is 2.44. The molecule has 1 aliphatic rings. The van der Waals surface area contributed by atoms with Gasteiger partial charge in [-0.3, -0.25) is 0 Å². The molecule has 1 aromatic heterocycles. The number of anilines is 1. The molecule has 0 aliphatic heterocycles. The van der Waals surface area contributed by atoms with Gasteiger partial charge in [0.2, 0.25) is 0 Å². The smallest absolute Gasteiger partial charge is 0.101 e. The summed E-state index contributed by atoms with van der Waals surface area (Å²) in [6.07, 6.45) is 9.21. The predicted octanol–water partition coefficient (Wildman–Crippen LogP) is 4.66. The summed E-state index contributed by atoms with van der Waals surface area (Å²) in [5, 5.41) is 9.58. The first-order valence-electron chi connectivity index (χ1n) is 8.32. The first kappa shape index (κ1) is 16.9. The molecule has 0 saturated heterocycles. The Balaban J connectivity index is 1.87. The van der Waals surface area contributed by atoms with E-state index >= 15 is 0 Å². The Hall–Kier alpha value is -1.99. The SMILES string of the molecule is CN(c1ccc(C#N)c(Cl)c1)C1CC(n2ccnc2)CCC1(C)C. The van der Waals surface area contributed by atoms with E-state index in [0.717, 1.165) is 18.5 Å². The van der Waals surface area contributed by atoms with Crippen LogP contribution in [0.4, 0.5) is 5.69 Å². The standard InChI is InChI=1S/C19H23ClN4/c1-19(2)7-6-16(24-9-8-22-13-24)11-18(19)23(3)15-5-4-14(12-21)17(20)10-15/h4-5,8-10,13,16,18H,6-7,11H2,1-3H3. The topological polar surface area (TPSA) is 44.9 Å². The third-order valence-corrected chi connectivity index (χ3v) is 5.73. The lowest BCUT2D eigenvalue weighted by atomic mass is 9.70. The maximum Gasteiger partial charge on any atom is 0.101 e. The Morgan fingerprint density at radius 2 is 2.21 bits per heavy atom. The van der Waals surface area contributed by atoms with Crippen LogP contribution in [-0.2, 0) is 0 Å². The van der Waals surface area contributed by atoms with Crippen molar-refractivity contribution in [2.24, 2.45) is 5.41 Å². The molecule has 2 aromatic rings. The summed E-state index contributed by atoms with van der Waals surface area (Å²) in [4.78, 5) is 6.51. The minimum absolute atomic E-state index is 0.214. The van der Waals surface area contributed by atoms with E-state index in [1.165, 1.54) is 6.42 Å². The Morgan fingerprint density at radius 3 is 2.83 bits per heavy atom. The van der Waals surface area contributed by atoms with Gasteiger partial charge in [0.15, 0.2) is 0 Å². The molecule has 3 rings (SSSR count). The molecule has 24 heavy (non-hydrogen) atoms. The summed E-state index contributed by atoms with van der Waals surface area (Å²) in [6.45, 7) is 4.67. The van der Waals surface area contributed by atoms with E-state index in [4.69, 9.17) is 16.9 Å². The first-order chi connectivity index (χ1) is 11.4. The molecule has 2 unspecified atom stereocenters. The second-order valence-corrected chi connectivity index (χ2v) is 7.74. The van der Waals surface area contributed by atoms with Crippen molar-refractivity contribution in [2.45, 2.75) is 45.2 Å². The fraction of sp³-hybridized carbons (Fsp3) is 0.474. The fourth-order valence-electron chi connectivity index (χ4n) is 3.83. The molecule has 4 nitrogen and oxygen atoms in total. The Labute approximate surface area is 148 Å². The first-order valence-corrected chi connectivity index (χ1v) is 8.70. The minimum Gasteiger partial charge on any atom is -0.371 e. The van der Waals surface area contributed by atoms with Crippen molar-refractivity contribution in [2.75, 3.05) is 11.9 Å². The number of nitriles is 1. The number of imidazole rings is 1. The van der Waals surface area contributed by atoms with E-state index in [2.05, 4.69) is 47.6 Å². The van der Waals surface area contributed by atoms with Crippen LogP contribution >= 0.6 is 11.6 Å². The van der Waals surface area contributed by atoms with Gasteiger partial charge in [-0.2, -0.15) is 5.26 Å². The highest BCUT2D eigenvalue weighted by Gasteiger charge is 2.39. The normalized spacial score (nSPS) is 22.8. The lowest BCUT2D eigenvalue weighted by Gasteiger charge is -2.47. The molecule has 1 aliphatic carbocycles. The monoisotopic (exact) mass is 342 g/mol. The quantitative estimate of drug-likeness (QED) is 0.814. The second-order valence-electron chi connectivity index (χ2n) is 7.33. The summed E-state index contributed by atoms with van der Waals surface area (Å²) in [6, 6.07) is 8.68. The number of nitrogens with zero attached hydrogens (tertiary/aromatic N) is 4. The van der Waals surface area contributed by atoms with Crippen LogP contribution in [0, 0.1) is 16.7 Å². The van der Waals surface area contributed by atoms with Crippen LogP contribution in [0.3, 0.4) is 0 Å². The zero-order valence-electron chi connectivity index (χ0n) is 14.4. The molecule has 126 valence electrons. The number of rotatable bonds is 3. The van der Waals surface area contributed by atoms with Crippen molar-refractivity contribution in [3.8, 4) is 6.07 Å². The van der Waals surface area contributed by atoms with Crippen LogP contribution in [0.15, 0.2) is 36.9 Å². The van der Waals surface area contributed by atoms with Crippen LogP contribution in [0.5, 0.6) is 0 Å². The van der Waals surface area contributed by atoms with Gasteiger partial charge in [-0.1, -0.05) is 25.4 Å². The molecular weight excluding hydrogens is 320 g/mol. The highest BCUT2D eigenvalue weighted by atomic mass is 35.5. The zero-order chi connectivity index (χ0) is 17.3. The number of benzene rings is 1. The average molecular weight is 343 g/mol. The van der Waals surface area contributed by atoms with Gasteiger partial charge < -0.3 is 9.47 Å². The van der Waals surface area contributed by atoms with Crippen molar-refractivity contribution in [3.63, 3.8) is 0 Å². The molecule has 1 saturated carbocycles. The number of hydrogen-bond donors (Lipinski definition) is 0. The van der Waals surface area contributed by atoms with Gasteiger partial charge in [0, 0.05) is 37.2 Å². The van der Waals surface area contributed by atoms with Crippen molar-refractivity contribution >= 4 is 17.3 Å². The summed E-state index contributed by atoms with van der Waals surface area (Å²) in [7, 11) is 2.13. The highest BCUT2D eigenvalue weighted by molar-refractivity contribution is 6.32. The van der Waals surface area contributed by atoms with E-state index < -0.39 is 0 Å². The van der Waals surface area contributed by atoms with Gasteiger partial charge in [0.25, 0.3) is 0 Å². The molecular formula is C19H23ClN4. The van der Waals surface area contributed by atoms with Crippen molar-refractivity contribution < 1.29 is 0 Å². The Morgan fingerprint density at radius 1 is 1.42 bits per heavy atom. The van der Waals surface area contributed by atoms with Gasteiger partial charge in [0.1, 0.15) is 6.07 Å². The molecule has 5 heteroatoms. The molecule has 0 N–H and O–H groups in total. The lowest BCUT2D eigenvalue weighted by molar-refractivity contribution is 0.154. The summed E-state index contributed by atoms with van der Waals surface area (Å²) in [5.74, 6) is 0. The number of halogens is 1. The molecule has 0 radical (unpaired) electrons. The fourth-order valence-corrected chi connectivity index (χ4v) is 4.05. The maximum absolute atomic E-state index is 9.06. The molecule has 0 amide bonds. The summed E-state index contributed by atoms with van der Waals surface area (Å²) >= 11 is 6.23. The van der Waals surface area contributed by atoms with Crippen LogP contribution in [0.2, 0.25) is 5.02 Å². The molecule has 0 bridgehead atoms. The molecule has 1 fully saturated rings.